The van der Waals surface area contributed by atoms with Crippen LogP contribution in [0.2, 0.25) is 0 Å². The van der Waals surface area contributed by atoms with Crippen molar-refractivity contribution in [3.63, 3.8) is 0 Å². The van der Waals surface area contributed by atoms with E-state index in [-0.39, 0.29) is 0 Å². The van der Waals surface area contributed by atoms with Crippen LogP contribution in [-0.2, 0) is 0 Å². The summed E-state index contributed by atoms with van der Waals surface area (Å²) in [5.41, 5.74) is 6.45. The van der Waals surface area contributed by atoms with E-state index >= 15 is 0 Å². The number of thiophene rings is 1. The molecule has 3 heterocycles. The first-order valence-corrected chi connectivity index (χ1v) is 16.2. The summed E-state index contributed by atoms with van der Waals surface area (Å²) in [5, 5.41) is 7.15. The molecule has 0 saturated carbocycles. The predicted octanol–water partition coefficient (Wildman–Crippen LogP) is 11.3. The van der Waals surface area contributed by atoms with Crippen LogP contribution >= 0.6 is 11.3 Å². The Balaban J connectivity index is 1.31. The molecule has 0 aliphatic carbocycles. The molecule has 5 heteroatoms. The Hall–Kier alpha value is -5.91. The Labute approximate surface area is 268 Å². The zero-order valence-corrected chi connectivity index (χ0v) is 25.4. The fourth-order valence-corrected chi connectivity index (χ4v) is 8.10. The molecular formula is C41H24N4S. The molecule has 0 N–H and O–H groups in total. The first kappa shape index (κ1) is 25.4. The SMILES string of the molecule is c1ccc(-c2nc(-c3cccc4sc5ccccc5c34)nc(N3c4cc5ccccc5cc4-c4cccc5cccc3c45)n2)cc1. The second-order valence-corrected chi connectivity index (χ2v) is 12.7. The lowest BCUT2D eigenvalue weighted by molar-refractivity contribution is 1.03. The highest BCUT2D eigenvalue weighted by atomic mass is 32.1. The highest BCUT2D eigenvalue weighted by Gasteiger charge is 2.29. The fraction of sp³-hybridized carbons (Fsp3) is 0. The maximum Gasteiger partial charge on any atom is 0.238 e. The molecule has 0 amide bonds. The maximum atomic E-state index is 5.34. The van der Waals surface area contributed by atoms with Gasteiger partial charge in [0.05, 0.1) is 11.4 Å². The minimum atomic E-state index is 0.596. The van der Waals surface area contributed by atoms with Crippen LogP contribution in [0.15, 0.2) is 146 Å². The van der Waals surface area contributed by atoms with E-state index in [0.717, 1.165) is 28.1 Å². The average molecular weight is 605 g/mol. The van der Waals surface area contributed by atoms with Crippen LogP contribution in [0.5, 0.6) is 0 Å². The number of hydrogen-bond acceptors (Lipinski definition) is 5. The van der Waals surface area contributed by atoms with Gasteiger partial charge in [-0.25, -0.2) is 4.98 Å². The predicted molar refractivity (Wildman–Crippen MR) is 192 cm³/mol. The van der Waals surface area contributed by atoms with E-state index in [9.17, 15) is 0 Å². The average Bonchev–Trinajstić information content (AvgIpc) is 3.50. The Kier molecular flexibility index (Phi) is 5.41. The molecule has 1 aliphatic heterocycles. The topological polar surface area (TPSA) is 41.9 Å². The van der Waals surface area contributed by atoms with Gasteiger partial charge < -0.3 is 0 Å². The molecule has 46 heavy (non-hydrogen) atoms. The van der Waals surface area contributed by atoms with Crippen molar-refractivity contribution < 1.29 is 0 Å². The first-order valence-electron chi connectivity index (χ1n) is 15.4. The standard InChI is InChI=1S/C41H24N4S/c1-2-11-26(12-3-1)39-42-40(31-19-10-22-36-38(31)30-17-6-7-21-35(30)46-36)44-41(43-39)45-33-20-9-16-25-15-8-18-29(37(25)33)32-23-27-13-4-5-14-28(27)24-34(32)45/h1-24H. The lowest BCUT2D eigenvalue weighted by Gasteiger charge is -2.32. The molecule has 0 radical (unpaired) electrons. The van der Waals surface area contributed by atoms with Crippen molar-refractivity contribution in [2.24, 2.45) is 0 Å². The largest absolute Gasteiger partial charge is 0.278 e. The minimum Gasteiger partial charge on any atom is -0.278 e. The van der Waals surface area contributed by atoms with Gasteiger partial charge in [0.25, 0.3) is 0 Å². The van der Waals surface area contributed by atoms with Crippen molar-refractivity contribution >= 4 is 70.4 Å². The van der Waals surface area contributed by atoms with Crippen molar-refractivity contribution in [3.05, 3.63) is 146 Å². The molecule has 1 aliphatic rings. The highest BCUT2D eigenvalue weighted by Crippen LogP contribution is 2.51. The summed E-state index contributed by atoms with van der Waals surface area (Å²) >= 11 is 1.80. The number of benzene rings is 7. The lowest BCUT2D eigenvalue weighted by atomic mass is 9.90. The van der Waals surface area contributed by atoms with Crippen LogP contribution in [0.1, 0.15) is 0 Å². The van der Waals surface area contributed by atoms with Crippen LogP contribution in [-0.4, -0.2) is 15.0 Å². The second kappa shape index (κ2) is 9.80. The van der Waals surface area contributed by atoms with Crippen LogP contribution in [0, 0.1) is 0 Å². The number of hydrogen-bond donors (Lipinski definition) is 0. The van der Waals surface area contributed by atoms with Gasteiger partial charge in [-0.3, -0.25) is 4.90 Å². The van der Waals surface area contributed by atoms with Crippen molar-refractivity contribution in [1.82, 2.24) is 15.0 Å². The molecule has 0 bridgehead atoms. The van der Waals surface area contributed by atoms with Crippen molar-refractivity contribution in [2.75, 3.05) is 4.90 Å². The van der Waals surface area contributed by atoms with E-state index in [1.165, 1.54) is 47.3 Å². The number of rotatable bonds is 3. The van der Waals surface area contributed by atoms with Crippen molar-refractivity contribution in [3.8, 4) is 33.9 Å². The zero-order valence-electron chi connectivity index (χ0n) is 24.6. The van der Waals surface area contributed by atoms with E-state index in [0.29, 0.717) is 17.6 Å². The van der Waals surface area contributed by atoms with E-state index in [4.69, 9.17) is 15.0 Å². The van der Waals surface area contributed by atoms with Crippen LogP contribution in [0.4, 0.5) is 17.3 Å². The Morgan fingerprint density at radius 3 is 2.00 bits per heavy atom. The second-order valence-electron chi connectivity index (χ2n) is 11.7. The van der Waals surface area contributed by atoms with Crippen LogP contribution in [0.25, 0.3) is 75.6 Å². The summed E-state index contributed by atoms with van der Waals surface area (Å²) in [6.07, 6.45) is 0. The van der Waals surface area contributed by atoms with Gasteiger partial charge in [0.15, 0.2) is 11.6 Å². The molecule has 0 atom stereocenters. The molecule has 4 nitrogen and oxygen atoms in total. The summed E-state index contributed by atoms with van der Waals surface area (Å²) in [5.74, 6) is 1.90. The summed E-state index contributed by atoms with van der Waals surface area (Å²) in [6, 6.07) is 51.4. The number of nitrogens with zero attached hydrogens (tertiary/aromatic N) is 4. The third-order valence-electron chi connectivity index (χ3n) is 9.02. The Morgan fingerprint density at radius 2 is 1.11 bits per heavy atom. The monoisotopic (exact) mass is 604 g/mol. The van der Waals surface area contributed by atoms with E-state index in [1.54, 1.807) is 11.3 Å². The van der Waals surface area contributed by atoms with Gasteiger partial charge >= 0.3 is 0 Å². The Morgan fingerprint density at radius 1 is 0.435 bits per heavy atom. The minimum absolute atomic E-state index is 0.596. The van der Waals surface area contributed by atoms with E-state index in [2.05, 4.69) is 132 Å². The van der Waals surface area contributed by atoms with Gasteiger partial charge in [-0.15, -0.1) is 11.3 Å². The van der Waals surface area contributed by atoms with Gasteiger partial charge in [0, 0.05) is 42.2 Å². The van der Waals surface area contributed by atoms with Crippen molar-refractivity contribution in [2.45, 2.75) is 0 Å². The molecule has 0 spiro atoms. The van der Waals surface area contributed by atoms with Gasteiger partial charge in [-0.1, -0.05) is 115 Å². The highest BCUT2D eigenvalue weighted by molar-refractivity contribution is 7.25. The third kappa shape index (κ3) is 3.76. The van der Waals surface area contributed by atoms with E-state index in [1.807, 2.05) is 18.2 Å². The summed E-state index contributed by atoms with van der Waals surface area (Å²) in [4.78, 5) is 18.0. The van der Waals surface area contributed by atoms with Gasteiger partial charge in [-0.2, -0.15) is 9.97 Å². The number of aromatic nitrogens is 3. The molecule has 10 rings (SSSR count). The molecule has 9 aromatic rings. The van der Waals surface area contributed by atoms with Gasteiger partial charge in [0.1, 0.15) is 0 Å². The fourth-order valence-electron chi connectivity index (χ4n) is 6.97. The molecular weight excluding hydrogens is 581 g/mol. The van der Waals surface area contributed by atoms with E-state index < -0.39 is 0 Å². The van der Waals surface area contributed by atoms with Gasteiger partial charge in [0.2, 0.25) is 5.95 Å². The molecule has 7 aromatic carbocycles. The molecule has 0 saturated heterocycles. The smallest absolute Gasteiger partial charge is 0.238 e. The molecule has 0 unspecified atom stereocenters. The van der Waals surface area contributed by atoms with Gasteiger partial charge in [-0.05, 0) is 52.1 Å². The van der Waals surface area contributed by atoms with Crippen LogP contribution in [0.3, 0.4) is 0 Å². The quantitative estimate of drug-likeness (QED) is 0.201. The Bertz CT molecular complexity index is 2650. The summed E-state index contributed by atoms with van der Waals surface area (Å²) in [6.45, 7) is 0. The summed E-state index contributed by atoms with van der Waals surface area (Å²) in [7, 11) is 0. The lowest BCUT2D eigenvalue weighted by Crippen LogP contribution is -2.19. The maximum absolute atomic E-state index is 5.34. The van der Waals surface area contributed by atoms with Crippen molar-refractivity contribution in [1.29, 1.82) is 0 Å². The molecule has 0 fully saturated rings. The third-order valence-corrected chi connectivity index (χ3v) is 10.2. The first-order chi connectivity index (χ1) is 22.8. The molecule has 214 valence electrons. The molecule has 2 aromatic heterocycles. The normalized spacial score (nSPS) is 12.3. The number of anilines is 3. The van der Waals surface area contributed by atoms with Crippen LogP contribution < -0.4 is 4.90 Å². The zero-order chi connectivity index (χ0) is 30.2. The number of fused-ring (bicyclic) bond motifs is 6. The summed E-state index contributed by atoms with van der Waals surface area (Å²) < 4.78 is 2.47.